The van der Waals surface area contributed by atoms with Crippen molar-refractivity contribution in [1.82, 2.24) is 10.2 Å². The second-order valence-corrected chi connectivity index (χ2v) is 11.3. The highest BCUT2D eigenvalue weighted by atomic mass is 16.2. The van der Waals surface area contributed by atoms with Crippen molar-refractivity contribution in [2.75, 3.05) is 6.54 Å². The molecule has 0 unspecified atom stereocenters. The lowest BCUT2D eigenvalue weighted by molar-refractivity contribution is -0.141. The van der Waals surface area contributed by atoms with Gasteiger partial charge in [0.2, 0.25) is 11.8 Å². The van der Waals surface area contributed by atoms with Crippen molar-refractivity contribution in [3.05, 3.63) is 107 Å². The Balaban J connectivity index is 1.86. The van der Waals surface area contributed by atoms with Crippen LogP contribution in [-0.4, -0.2) is 29.3 Å². The van der Waals surface area contributed by atoms with Crippen molar-refractivity contribution in [3.63, 3.8) is 0 Å². The van der Waals surface area contributed by atoms with E-state index in [1.807, 2.05) is 42.5 Å². The van der Waals surface area contributed by atoms with E-state index < -0.39 is 6.04 Å². The van der Waals surface area contributed by atoms with Gasteiger partial charge in [0.05, 0.1) is 0 Å². The zero-order chi connectivity index (χ0) is 27.5. The van der Waals surface area contributed by atoms with Gasteiger partial charge in [-0.25, -0.2) is 0 Å². The molecule has 1 N–H and O–H groups in total. The molecule has 4 heteroatoms. The maximum atomic E-state index is 13.8. The molecule has 3 rings (SSSR count). The van der Waals surface area contributed by atoms with Gasteiger partial charge in [0, 0.05) is 25.9 Å². The largest absolute Gasteiger partial charge is 0.354 e. The summed E-state index contributed by atoms with van der Waals surface area (Å²) in [4.78, 5) is 29.2. The van der Waals surface area contributed by atoms with Gasteiger partial charge in [-0.1, -0.05) is 119 Å². The normalized spacial score (nSPS) is 12.1. The number of rotatable bonds is 12. The lowest BCUT2D eigenvalue weighted by Gasteiger charge is -2.32. The highest BCUT2D eigenvalue weighted by Crippen LogP contribution is 2.23. The van der Waals surface area contributed by atoms with Crippen LogP contribution < -0.4 is 5.32 Å². The Hall–Kier alpha value is -3.40. The van der Waals surface area contributed by atoms with E-state index in [4.69, 9.17) is 0 Å². The van der Waals surface area contributed by atoms with E-state index in [9.17, 15) is 9.59 Å². The van der Waals surface area contributed by atoms with Gasteiger partial charge in [-0.3, -0.25) is 9.59 Å². The standard InChI is InChI=1S/C34H44N2O2/c1-6-7-22-35-33(38)31(24-28-13-9-8-10-14-28)36(25-29-15-11-12-26(2)23-29)32(37)21-18-27-16-19-30(20-17-27)34(3,4)5/h8-17,19-20,23,31H,6-7,18,21-22,24-25H2,1-5H3,(H,35,38)/t31-/m1/s1. The van der Waals surface area contributed by atoms with Crippen LogP contribution in [0.15, 0.2) is 78.9 Å². The molecular weight excluding hydrogens is 468 g/mol. The number of amides is 2. The van der Waals surface area contributed by atoms with Gasteiger partial charge in [0.25, 0.3) is 0 Å². The summed E-state index contributed by atoms with van der Waals surface area (Å²) in [6.45, 7) is 11.8. The van der Waals surface area contributed by atoms with Crippen molar-refractivity contribution in [2.45, 2.75) is 84.7 Å². The van der Waals surface area contributed by atoms with Crippen LogP contribution in [-0.2, 0) is 34.4 Å². The van der Waals surface area contributed by atoms with Crippen molar-refractivity contribution >= 4 is 11.8 Å². The van der Waals surface area contributed by atoms with E-state index in [2.05, 4.69) is 76.3 Å². The molecule has 202 valence electrons. The fourth-order valence-electron chi connectivity index (χ4n) is 4.63. The minimum atomic E-state index is -0.578. The first-order chi connectivity index (χ1) is 18.2. The summed E-state index contributed by atoms with van der Waals surface area (Å²) in [7, 11) is 0. The predicted octanol–water partition coefficient (Wildman–Crippen LogP) is 6.78. The van der Waals surface area contributed by atoms with E-state index in [1.165, 1.54) is 5.56 Å². The molecule has 0 saturated carbocycles. The Morgan fingerprint density at radius 2 is 1.55 bits per heavy atom. The molecule has 2 amide bonds. The molecule has 3 aromatic rings. The second kappa shape index (κ2) is 13.9. The molecule has 0 saturated heterocycles. The van der Waals surface area contributed by atoms with Crippen LogP contribution in [0, 0.1) is 6.92 Å². The Morgan fingerprint density at radius 3 is 2.18 bits per heavy atom. The highest BCUT2D eigenvalue weighted by molar-refractivity contribution is 5.88. The molecule has 1 atom stereocenters. The summed E-state index contributed by atoms with van der Waals surface area (Å²) in [5.74, 6) is -0.0872. The van der Waals surface area contributed by atoms with E-state index >= 15 is 0 Å². The summed E-state index contributed by atoms with van der Waals surface area (Å²) in [6, 6.07) is 26.2. The minimum Gasteiger partial charge on any atom is -0.354 e. The average Bonchev–Trinajstić information content (AvgIpc) is 2.89. The predicted molar refractivity (Wildman–Crippen MR) is 157 cm³/mol. The summed E-state index contributed by atoms with van der Waals surface area (Å²) < 4.78 is 0. The number of benzene rings is 3. The van der Waals surface area contributed by atoms with E-state index in [0.717, 1.165) is 35.1 Å². The fraction of sp³-hybridized carbons (Fsp3) is 0.412. The van der Waals surface area contributed by atoms with Gasteiger partial charge in [0.1, 0.15) is 6.04 Å². The number of unbranched alkanes of at least 4 members (excludes halogenated alkanes) is 1. The monoisotopic (exact) mass is 512 g/mol. The third kappa shape index (κ3) is 8.86. The summed E-state index contributed by atoms with van der Waals surface area (Å²) in [5.41, 5.74) is 5.72. The Bertz CT molecular complexity index is 1160. The zero-order valence-electron chi connectivity index (χ0n) is 23.8. The smallest absolute Gasteiger partial charge is 0.243 e. The van der Waals surface area contributed by atoms with Crippen LogP contribution in [0.25, 0.3) is 0 Å². The molecular formula is C34H44N2O2. The van der Waals surface area contributed by atoms with Gasteiger partial charge in [-0.2, -0.15) is 0 Å². The van der Waals surface area contributed by atoms with Gasteiger partial charge in [0.15, 0.2) is 0 Å². The molecule has 4 nitrogen and oxygen atoms in total. The number of aryl methyl sites for hydroxylation is 2. The lowest BCUT2D eigenvalue weighted by atomic mass is 9.86. The first-order valence-corrected chi connectivity index (χ1v) is 13.9. The number of carbonyl (C=O) groups is 2. The maximum absolute atomic E-state index is 13.8. The first-order valence-electron chi connectivity index (χ1n) is 13.9. The number of nitrogens with zero attached hydrogens (tertiary/aromatic N) is 1. The fourth-order valence-corrected chi connectivity index (χ4v) is 4.63. The SMILES string of the molecule is CCCCNC(=O)[C@@H](Cc1ccccc1)N(Cc1cccc(C)c1)C(=O)CCc1ccc(C(C)(C)C)cc1. The molecule has 0 heterocycles. The molecule has 0 aromatic heterocycles. The molecule has 0 aliphatic heterocycles. The lowest BCUT2D eigenvalue weighted by Crippen LogP contribution is -2.50. The molecule has 38 heavy (non-hydrogen) atoms. The van der Waals surface area contributed by atoms with E-state index in [-0.39, 0.29) is 17.2 Å². The second-order valence-electron chi connectivity index (χ2n) is 11.3. The summed E-state index contributed by atoms with van der Waals surface area (Å²) >= 11 is 0. The van der Waals surface area contributed by atoms with Crippen LogP contribution in [0.4, 0.5) is 0 Å². The molecule has 0 radical (unpaired) electrons. The van der Waals surface area contributed by atoms with E-state index in [1.54, 1.807) is 4.90 Å². The quantitative estimate of drug-likeness (QED) is 0.272. The van der Waals surface area contributed by atoms with Crippen LogP contribution in [0.5, 0.6) is 0 Å². The topological polar surface area (TPSA) is 49.4 Å². The van der Waals surface area contributed by atoms with Gasteiger partial charge >= 0.3 is 0 Å². The minimum absolute atomic E-state index is 0.00187. The number of hydrogen-bond acceptors (Lipinski definition) is 2. The van der Waals surface area contributed by atoms with Crippen molar-refractivity contribution < 1.29 is 9.59 Å². The first kappa shape index (κ1) is 29.2. The molecule has 3 aromatic carbocycles. The van der Waals surface area contributed by atoms with Crippen LogP contribution in [0.1, 0.15) is 74.8 Å². The van der Waals surface area contributed by atoms with Gasteiger partial charge in [-0.15, -0.1) is 0 Å². The van der Waals surface area contributed by atoms with Crippen molar-refractivity contribution in [3.8, 4) is 0 Å². The molecule has 0 spiro atoms. The number of carbonyl (C=O) groups excluding carboxylic acids is 2. The Labute approximate surface area is 229 Å². The highest BCUT2D eigenvalue weighted by Gasteiger charge is 2.30. The van der Waals surface area contributed by atoms with Crippen LogP contribution >= 0.6 is 0 Å². The van der Waals surface area contributed by atoms with Crippen molar-refractivity contribution in [1.29, 1.82) is 0 Å². The molecule has 0 aliphatic rings. The van der Waals surface area contributed by atoms with Crippen molar-refractivity contribution in [2.24, 2.45) is 0 Å². The zero-order valence-corrected chi connectivity index (χ0v) is 23.8. The summed E-state index contributed by atoms with van der Waals surface area (Å²) in [6.07, 6.45) is 3.40. The van der Waals surface area contributed by atoms with Crippen LogP contribution in [0.2, 0.25) is 0 Å². The van der Waals surface area contributed by atoms with E-state index in [0.29, 0.717) is 32.4 Å². The van der Waals surface area contributed by atoms with Gasteiger partial charge in [-0.05, 0) is 47.4 Å². The van der Waals surface area contributed by atoms with Gasteiger partial charge < -0.3 is 10.2 Å². The summed E-state index contributed by atoms with van der Waals surface area (Å²) in [5, 5.41) is 3.10. The van der Waals surface area contributed by atoms with Crippen LogP contribution in [0.3, 0.4) is 0 Å². The Morgan fingerprint density at radius 1 is 0.868 bits per heavy atom. The third-order valence-corrected chi connectivity index (χ3v) is 6.98. The molecule has 0 fully saturated rings. The molecule has 0 bridgehead atoms. The molecule has 0 aliphatic carbocycles. The Kier molecular flexibility index (Phi) is 10.7. The average molecular weight is 513 g/mol. The maximum Gasteiger partial charge on any atom is 0.243 e. The third-order valence-electron chi connectivity index (χ3n) is 6.98. The number of hydrogen-bond donors (Lipinski definition) is 1. The number of nitrogens with one attached hydrogen (secondary N) is 1.